The number of aromatic amines is 1. The molecule has 2 amide bonds. The number of amides is 2. The molecule has 0 atom stereocenters. The molecule has 3 N–H and O–H groups in total. The van der Waals surface area contributed by atoms with E-state index in [1.54, 1.807) is 12.3 Å². The maximum absolute atomic E-state index is 12.0. The Kier molecular flexibility index (Phi) is 4.99. The molecule has 0 bridgehead atoms. The smallest absolute Gasteiger partial charge is 0.253 e. The number of carbonyl (C=O) groups is 2. The van der Waals surface area contributed by atoms with Crippen molar-refractivity contribution < 1.29 is 9.59 Å². The summed E-state index contributed by atoms with van der Waals surface area (Å²) >= 11 is 0. The molecule has 146 valence electrons. The fraction of sp³-hybridized carbons (Fsp3) is 0.174. The normalized spacial score (nSPS) is 12.7. The van der Waals surface area contributed by atoms with Crippen LogP contribution in [0.2, 0.25) is 0 Å². The lowest BCUT2D eigenvalue weighted by molar-refractivity contribution is -0.111. The van der Waals surface area contributed by atoms with Crippen LogP contribution in [0, 0.1) is 0 Å². The van der Waals surface area contributed by atoms with Gasteiger partial charge in [-0.15, -0.1) is 0 Å². The van der Waals surface area contributed by atoms with Crippen molar-refractivity contribution in [2.75, 3.05) is 11.9 Å². The Morgan fingerprint density at radius 1 is 1.10 bits per heavy atom. The maximum atomic E-state index is 12.0. The van der Waals surface area contributed by atoms with Gasteiger partial charge in [-0.25, -0.2) is 0 Å². The second kappa shape index (κ2) is 7.75. The Morgan fingerprint density at radius 3 is 2.62 bits per heavy atom. The number of hydrogen-bond acceptors (Lipinski definition) is 3. The van der Waals surface area contributed by atoms with Crippen LogP contribution in [-0.4, -0.2) is 28.3 Å². The Morgan fingerprint density at radius 2 is 1.90 bits per heavy atom. The van der Waals surface area contributed by atoms with Gasteiger partial charge in [0.1, 0.15) is 0 Å². The Labute approximate surface area is 169 Å². The number of allylic oxidation sites excluding steroid dienone is 1. The lowest BCUT2D eigenvalue weighted by Gasteiger charge is -2.11. The zero-order valence-electron chi connectivity index (χ0n) is 16.4. The van der Waals surface area contributed by atoms with Crippen LogP contribution in [0.3, 0.4) is 0 Å². The molecule has 0 unspecified atom stereocenters. The van der Waals surface area contributed by atoms with Crippen molar-refractivity contribution in [3.63, 3.8) is 0 Å². The average molecular weight is 386 g/mol. The number of aromatic nitrogens is 2. The Bertz CT molecular complexity index is 1110. The molecule has 3 heterocycles. The molecule has 0 saturated heterocycles. The highest BCUT2D eigenvalue weighted by Gasteiger charge is 2.20. The number of hydrogen-bond donors (Lipinski definition) is 3. The standard InChI is InChI=1S/C23H22N4O2/c1-14(2)11-22(28)26-17-5-3-15(4-6-17)20-12-16(7-9-24-20)21-13-18-19(27-21)8-10-25-23(18)29/h3-7,9,11-13,27H,8,10H2,1-2H3,(H,25,29)(H,26,28). The molecule has 2 aromatic heterocycles. The van der Waals surface area contributed by atoms with Crippen LogP contribution in [0.25, 0.3) is 22.5 Å². The van der Waals surface area contributed by atoms with E-state index in [1.165, 1.54) is 0 Å². The number of benzene rings is 1. The third-order valence-electron chi connectivity index (χ3n) is 4.74. The van der Waals surface area contributed by atoms with E-state index in [0.29, 0.717) is 12.1 Å². The van der Waals surface area contributed by atoms with E-state index in [-0.39, 0.29) is 11.8 Å². The SMILES string of the molecule is CC(C)=CC(=O)Nc1ccc(-c2cc(-c3cc4c([nH]3)CCNC4=O)ccn2)cc1. The molecule has 0 aliphatic carbocycles. The van der Waals surface area contributed by atoms with Crippen molar-refractivity contribution in [1.29, 1.82) is 0 Å². The highest BCUT2D eigenvalue weighted by atomic mass is 16.2. The predicted molar refractivity (Wildman–Crippen MR) is 114 cm³/mol. The molecule has 6 nitrogen and oxygen atoms in total. The van der Waals surface area contributed by atoms with Gasteiger partial charge in [-0.05, 0) is 44.2 Å². The van der Waals surface area contributed by atoms with Crippen molar-refractivity contribution in [3.05, 3.63) is 71.6 Å². The summed E-state index contributed by atoms with van der Waals surface area (Å²) in [7, 11) is 0. The van der Waals surface area contributed by atoms with Crippen LogP contribution < -0.4 is 10.6 Å². The number of nitrogens with zero attached hydrogens (tertiary/aromatic N) is 1. The lowest BCUT2D eigenvalue weighted by Crippen LogP contribution is -2.31. The molecule has 1 aromatic carbocycles. The van der Waals surface area contributed by atoms with Crippen LogP contribution in [0.5, 0.6) is 0 Å². The average Bonchev–Trinajstić information content (AvgIpc) is 3.14. The number of rotatable bonds is 4. The Balaban J connectivity index is 1.57. The zero-order valence-corrected chi connectivity index (χ0v) is 16.4. The van der Waals surface area contributed by atoms with E-state index in [4.69, 9.17) is 0 Å². The van der Waals surface area contributed by atoms with Crippen LogP contribution in [0.15, 0.2) is 60.3 Å². The maximum Gasteiger partial charge on any atom is 0.253 e. The zero-order chi connectivity index (χ0) is 20.4. The van der Waals surface area contributed by atoms with E-state index in [0.717, 1.165) is 45.9 Å². The number of anilines is 1. The largest absolute Gasteiger partial charge is 0.358 e. The molecule has 6 heteroatoms. The minimum Gasteiger partial charge on any atom is -0.358 e. The Hall–Kier alpha value is -3.67. The first-order chi connectivity index (χ1) is 14.0. The molecular weight excluding hydrogens is 364 g/mol. The third kappa shape index (κ3) is 4.11. The topological polar surface area (TPSA) is 86.9 Å². The first kappa shape index (κ1) is 18.7. The van der Waals surface area contributed by atoms with Gasteiger partial charge in [-0.3, -0.25) is 14.6 Å². The molecule has 0 saturated carbocycles. The summed E-state index contributed by atoms with van der Waals surface area (Å²) in [6.07, 6.45) is 4.13. The molecule has 29 heavy (non-hydrogen) atoms. The lowest BCUT2D eigenvalue weighted by atomic mass is 10.1. The first-order valence-electron chi connectivity index (χ1n) is 9.52. The highest BCUT2D eigenvalue weighted by Crippen LogP contribution is 2.27. The van der Waals surface area contributed by atoms with Gasteiger partial charge in [0, 0.05) is 53.4 Å². The van der Waals surface area contributed by atoms with Crippen LogP contribution in [0.1, 0.15) is 29.9 Å². The van der Waals surface area contributed by atoms with E-state index in [9.17, 15) is 9.59 Å². The van der Waals surface area contributed by atoms with Gasteiger partial charge >= 0.3 is 0 Å². The second-order valence-corrected chi connectivity index (χ2v) is 7.30. The summed E-state index contributed by atoms with van der Waals surface area (Å²) in [5, 5.41) is 5.71. The van der Waals surface area contributed by atoms with Gasteiger partial charge in [0.25, 0.3) is 5.91 Å². The highest BCUT2D eigenvalue weighted by molar-refractivity contribution is 6.00. The first-order valence-corrected chi connectivity index (χ1v) is 9.52. The van der Waals surface area contributed by atoms with E-state index >= 15 is 0 Å². The molecule has 1 aliphatic heterocycles. The summed E-state index contributed by atoms with van der Waals surface area (Å²) < 4.78 is 0. The summed E-state index contributed by atoms with van der Waals surface area (Å²) in [6, 6.07) is 13.4. The van der Waals surface area contributed by atoms with Crippen LogP contribution in [0.4, 0.5) is 5.69 Å². The molecular formula is C23H22N4O2. The summed E-state index contributed by atoms with van der Waals surface area (Å²) in [5.41, 5.74) is 7.00. The van der Waals surface area contributed by atoms with Gasteiger partial charge in [0.05, 0.1) is 11.3 Å². The van der Waals surface area contributed by atoms with Crippen molar-refractivity contribution in [1.82, 2.24) is 15.3 Å². The van der Waals surface area contributed by atoms with Gasteiger partial charge in [0.15, 0.2) is 0 Å². The molecule has 4 rings (SSSR count). The van der Waals surface area contributed by atoms with E-state index < -0.39 is 0 Å². The van der Waals surface area contributed by atoms with Crippen LogP contribution >= 0.6 is 0 Å². The van der Waals surface area contributed by atoms with Gasteiger partial charge in [0.2, 0.25) is 5.91 Å². The van der Waals surface area contributed by atoms with Gasteiger partial charge < -0.3 is 15.6 Å². The third-order valence-corrected chi connectivity index (χ3v) is 4.74. The fourth-order valence-electron chi connectivity index (χ4n) is 3.37. The van der Waals surface area contributed by atoms with Crippen molar-refractivity contribution >= 4 is 17.5 Å². The predicted octanol–water partition coefficient (Wildman–Crippen LogP) is 3.93. The monoisotopic (exact) mass is 386 g/mol. The molecule has 1 aliphatic rings. The van der Waals surface area contributed by atoms with Crippen molar-refractivity contribution in [2.24, 2.45) is 0 Å². The van der Waals surface area contributed by atoms with Crippen molar-refractivity contribution in [3.8, 4) is 22.5 Å². The van der Waals surface area contributed by atoms with Gasteiger partial charge in [-0.1, -0.05) is 17.7 Å². The number of pyridine rings is 1. The van der Waals surface area contributed by atoms with Gasteiger partial charge in [-0.2, -0.15) is 0 Å². The van der Waals surface area contributed by atoms with E-state index in [2.05, 4.69) is 20.6 Å². The second-order valence-electron chi connectivity index (χ2n) is 7.30. The molecule has 0 spiro atoms. The molecule has 0 radical (unpaired) electrons. The van der Waals surface area contributed by atoms with Crippen LogP contribution in [-0.2, 0) is 11.2 Å². The number of carbonyl (C=O) groups excluding carboxylic acids is 2. The summed E-state index contributed by atoms with van der Waals surface area (Å²) in [4.78, 5) is 31.7. The quantitative estimate of drug-likeness (QED) is 0.594. The minimum atomic E-state index is -0.141. The van der Waals surface area contributed by atoms with E-state index in [1.807, 2.05) is 56.3 Å². The number of fused-ring (bicyclic) bond motifs is 1. The summed E-state index contributed by atoms with van der Waals surface area (Å²) in [5.74, 6) is -0.175. The number of H-pyrrole nitrogens is 1. The molecule has 0 fully saturated rings. The number of nitrogens with one attached hydrogen (secondary N) is 3. The summed E-state index contributed by atoms with van der Waals surface area (Å²) in [6.45, 7) is 4.42. The minimum absolute atomic E-state index is 0.0335. The fourth-order valence-corrected chi connectivity index (χ4v) is 3.37. The van der Waals surface area contributed by atoms with Crippen molar-refractivity contribution in [2.45, 2.75) is 20.3 Å². The molecule has 3 aromatic rings.